The molecule has 30 heavy (non-hydrogen) atoms. The summed E-state index contributed by atoms with van der Waals surface area (Å²) < 4.78 is 16.6. The molecule has 1 aliphatic heterocycles. The number of rotatable bonds is 7. The first-order valence-corrected chi connectivity index (χ1v) is 10.1. The fourth-order valence-corrected chi connectivity index (χ4v) is 4.27. The molecule has 7 nitrogen and oxygen atoms in total. The van der Waals surface area contributed by atoms with Gasteiger partial charge < -0.3 is 24.6 Å². The topological polar surface area (TPSA) is 94.1 Å². The van der Waals surface area contributed by atoms with Crippen LogP contribution in [0.5, 0.6) is 0 Å². The fraction of sp³-hybridized carbons (Fsp3) is 0.391. The van der Waals surface area contributed by atoms with Gasteiger partial charge in [-0.1, -0.05) is 48.5 Å². The van der Waals surface area contributed by atoms with E-state index < -0.39 is 17.7 Å². The van der Waals surface area contributed by atoms with Crippen LogP contribution < -0.4 is 5.32 Å². The molecule has 2 aromatic carbocycles. The van der Waals surface area contributed by atoms with Crippen LogP contribution in [-0.4, -0.2) is 55.7 Å². The number of carbonyl (C=O) groups excluding carboxylic acids is 1. The van der Waals surface area contributed by atoms with Crippen LogP contribution in [0, 0.1) is 0 Å². The SMILES string of the molecule is O=C(O)CC1(CCNC(=O)OCC2c3ccccc3-c3ccccc32)COCCO1. The van der Waals surface area contributed by atoms with E-state index in [9.17, 15) is 9.59 Å². The molecule has 0 bridgehead atoms. The minimum atomic E-state index is -0.957. The van der Waals surface area contributed by atoms with Crippen LogP contribution in [0.25, 0.3) is 11.1 Å². The summed E-state index contributed by atoms with van der Waals surface area (Å²) in [6.07, 6.45) is -0.359. The van der Waals surface area contributed by atoms with E-state index in [-0.39, 0.29) is 32.1 Å². The van der Waals surface area contributed by atoms with Crippen molar-refractivity contribution in [3.63, 3.8) is 0 Å². The summed E-state index contributed by atoms with van der Waals surface area (Å²) in [5.74, 6) is -0.960. The Labute approximate surface area is 174 Å². The van der Waals surface area contributed by atoms with Gasteiger partial charge in [0.05, 0.1) is 26.2 Å². The minimum absolute atomic E-state index is 0.00317. The van der Waals surface area contributed by atoms with Gasteiger partial charge in [0.2, 0.25) is 0 Å². The van der Waals surface area contributed by atoms with Gasteiger partial charge in [0.15, 0.2) is 0 Å². The number of aliphatic carboxylic acids is 1. The molecular formula is C23H25NO6. The first kappa shape index (κ1) is 20.4. The summed E-state index contributed by atoms with van der Waals surface area (Å²) >= 11 is 0. The number of hydrogen-bond donors (Lipinski definition) is 2. The zero-order chi connectivity index (χ0) is 21.0. The van der Waals surface area contributed by atoms with Crippen molar-refractivity contribution in [2.45, 2.75) is 24.4 Å². The second-order valence-electron chi connectivity index (χ2n) is 7.66. The molecule has 2 aromatic rings. The molecule has 1 atom stereocenters. The van der Waals surface area contributed by atoms with Crippen LogP contribution in [-0.2, 0) is 19.0 Å². The number of nitrogens with one attached hydrogen (secondary N) is 1. The molecule has 158 valence electrons. The number of benzene rings is 2. The third-order valence-corrected chi connectivity index (χ3v) is 5.67. The molecule has 1 unspecified atom stereocenters. The Morgan fingerprint density at radius 3 is 2.33 bits per heavy atom. The van der Waals surface area contributed by atoms with Gasteiger partial charge in [-0.05, 0) is 28.7 Å². The first-order valence-electron chi connectivity index (χ1n) is 10.1. The molecule has 1 aliphatic carbocycles. The lowest BCUT2D eigenvalue weighted by atomic mass is 9.95. The van der Waals surface area contributed by atoms with Gasteiger partial charge in [-0.2, -0.15) is 0 Å². The summed E-state index contributed by atoms with van der Waals surface area (Å²) in [6.45, 7) is 1.47. The highest BCUT2D eigenvalue weighted by molar-refractivity contribution is 5.79. The minimum Gasteiger partial charge on any atom is -0.481 e. The highest BCUT2D eigenvalue weighted by atomic mass is 16.6. The highest BCUT2D eigenvalue weighted by Gasteiger charge is 2.36. The van der Waals surface area contributed by atoms with Crippen LogP contribution in [0.15, 0.2) is 48.5 Å². The molecule has 7 heteroatoms. The smallest absolute Gasteiger partial charge is 0.407 e. The molecule has 1 heterocycles. The number of hydrogen-bond acceptors (Lipinski definition) is 5. The Morgan fingerprint density at radius 2 is 1.73 bits per heavy atom. The Kier molecular flexibility index (Phi) is 6.01. The van der Waals surface area contributed by atoms with E-state index in [1.807, 2.05) is 24.3 Å². The predicted molar refractivity (Wildman–Crippen MR) is 109 cm³/mol. The van der Waals surface area contributed by atoms with Crippen LogP contribution in [0.4, 0.5) is 4.79 Å². The summed E-state index contributed by atoms with van der Waals surface area (Å²) in [5, 5.41) is 11.9. The van der Waals surface area contributed by atoms with Gasteiger partial charge in [-0.3, -0.25) is 4.79 Å². The molecule has 4 rings (SSSR count). The Morgan fingerprint density at radius 1 is 1.07 bits per heavy atom. The van der Waals surface area contributed by atoms with Crippen molar-refractivity contribution in [2.24, 2.45) is 0 Å². The van der Waals surface area contributed by atoms with Crippen molar-refractivity contribution in [3.05, 3.63) is 59.7 Å². The van der Waals surface area contributed by atoms with Crippen molar-refractivity contribution in [3.8, 4) is 11.1 Å². The maximum Gasteiger partial charge on any atom is 0.407 e. The predicted octanol–water partition coefficient (Wildman–Crippen LogP) is 3.18. The van der Waals surface area contributed by atoms with E-state index >= 15 is 0 Å². The number of amides is 1. The van der Waals surface area contributed by atoms with E-state index in [2.05, 4.69) is 29.6 Å². The van der Waals surface area contributed by atoms with E-state index in [0.29, 0.717) is 19.6 Å². The van der Waals surface area contributed by atoms with Gasteiger partial charge in [-0.25, -0.2) is 4.79 Å². The van der Waals surface area contributed by atoms with Gasteiger partial charge in [0.1, 0.15) is 12.2 Å². The maximum atomic E-state index is 12.3. The zero-order valence-electron chi connectivity index (χ0n) is 16.6. The fourth-order valence-electron chi connectivity index (χ4n) is 4.27. The Balaban J connectivity index is 1.33. The van der Waals surface area contributed by atoms with Crippen molar-refractivity contribution in [1.29, 1.82) is 0 Å². The average molecular weight is 411 g/mol. The number of alkyl carbamates (subject to hydrolysis) is 1. The van der Waals surface area contributed by atoms with Gasteiger partial charge in [0, 0.05) is 12.5 Å². The van der Waals surface area contributed by atoms with Crippen molar-refractivity contribution in [1.82, 2.24) is 5.32 Å². The number of fused-ring (bicyclic) bond motifs is 3. The second-order valence-corrected chi connectivity index (χ2v) is 7.66. The third-order valence-electron chi connectivity index (χ3n) is 5.67. The second kappa shape index (κ2) is 8.85. The van der Waals surface area contributed by atoms with Gasteiger partial charge in [-0.15, -0.1) is 0 Å². The quantitative estimate of drug-likeness (QED) is 0.727. The Hall–Kier alpha value is -2.90. The maximum absolute atomic E-state index is 12.3. The summed E-state index contributed by atoms with van der Waals surface area (Å²) in [5.41, 5.74) is 3.74. The van der Waals surface area contributed by atoms with Crippen LogP contribution in [0.1, 0.15) is 29.9 Å². The van der Waals surface area contributed by atoms with E-state index in [0.717, 1.165) is 11.1 Å². The lowest BCUT2D eigenvalue weighted by Gasteiger charge is -2.36. The van der Waals surface area contributed by atoms with E-state index in [1.54, 1.807) is 0 Å². The standard InChI is InChI=1S/C23H25NO6/c25-21(26)13-23(15-28-11-12-30-23)9-10-24-22(27)29-14-20-18-7-3-1-5-16(18)17-6-2-4-8-19(17)20/h1-8,20H,9-15H2,(H,24,27)(H,25,26). The van der Waals surface area contributed by atoms with Crippen molar-refractivity contribution in [2.75, 3.05) is 33.0 Å². The molecule has 0 aromatic heterocycles. The summed E-state index contributed by atoms with van der Waals surface area (Å²) in [7, 11) is 0. The van der Waals surface area contributed by atoms with E-state index in [4.69, 9.17) is 19.3 Å². The first-order chi connectivity index (χ1) is 14.6. The summed E-state index contributed by atoms with van der Waals surface area (Å²) in [6, 6.07) is 16.3. The molecule has 1 fully saturated rings. The average Bonchev–Trinajstić information content (AvgIpc) is 3.06. The van der Waals surface area contributed by atoms with E-state index in [1.165, 1.54) is 11.1 Å². The molecule has 1 saturated heterocycles. The molecular weight excluding hydrogens is 386 g/mol. The molecule has 2 N–H and O–H groups in total. The van der Waals surface area contributed by atoms with Crippen molar-refractivity contribution < 1.29 is 28.9 Å². The molecule has 0 spiro atoms. The highest BCUT2D eigenvalue weighted by Crippen LogP contribution is 2.44. The lowest BCUT2D eigenvalue weighted by molar-refractivity contribution is -0.176. The number of carboxylic acids is 1. The van der Waals surface area contributed by atoms with Crippen LogP contribution in [0.2, 0.25) is 0 Å². The molecule has 1 amide bonds. The van der Waals surface area contributed by atoms with Crippen molar-refractivity contribution >= 4 is 12.1 Å². The lowest BCUT2D eigenvalue weighted by Crippen LogP contribution is -2.47. The molecule has 0 radical (unpaired) electrons. The number of carboxylic acid groups (broad SMARTS) is 1. The van der Waals surface area contributed by atoms with Gasteiger partial charge >= 0.3 is 12.1 Å². The number of carbonyl (C=O) groups is 2. The number of ether oxygens (including phenoxy) is 3. The normalized spacial score (nSPS) is 20.3. The molecule has 2 aliphatic rings. The molecule has 0 saturated carbocycles. The third kappa shape index (κ3) is 4.32. The monoisotopic (exact) mass is 411 g/mol. The zero-order valence-corrected chi connectivity index (χ0v) is 16.6. The largest absolute Gasteiger partial charge is 0.481 e. The van der Waals surface area contributed by atoms with Crippen LogP contribution in [0.3, 0.4) is 0 Å². The summed E-state index contributed by atoms with van der Waals surface area (Å²) in [4.78, 5) is 23.4. The Bertz CT molecular complexity index is 876. The van der Waals surface area contributed by atoms with Crippen LogP contribution >= 0.6 is 0 Å². The van der Waals surface area contributed by atoms with Gasteiger partial charge in [0.25, 0.3) is 0 Å².